The largest absolute Gasteiger partial charge is 0.256 e. The molecule has 0 N–H and O–H groups in total. The standard InChI is InChI=1S/C42H28N4S/c1-3-8-27(9-4-1)28-14-18-31(19-15-28)41-44-40(30-10-5-2-6-11-30)45-42(46-41)32-20-16-29(17-21-32)33-22-23-37-35(26-33)34-24-25-43-36-12-7-13-38(47-37)39(34)36/h1-20,22-26,32H,21H2. The van der Waals surface area contributed by atoms with Gasteiger partial charge in [-0.2, -0.15) is 0 Å². The molecule has 1 atom stereocenters. The molecule has 47 heavy (non-hydrogen) atoms. The summed E-state index contributed by atoms with van der Waals surface area (Å²) in [5.41, 5.74) is 10.3. The molecule has 7 aromatic rings. The molecule has 5 aromatic carbocycles. The molecule has 0 saturated heterocycles. The van der Waals surface area contributed by atoms with Crippen LogP contribution in [0.25, 0.3) is 61.5 Å². The van der Waals surface area contributed by atoms with Gasteiger partial charge in [-0.15, -0.1) is 0 Å². The lowest BCUT2D eigenvalue weighted by Gasteiger charge is -2.21. The van der Waals surface area contributed by atoms with E-state index in [0.29, 0.717) is 11.6 Å². The molecule has 0 spiro atoms. The van der Waals surface area contributed by atoms with Gasteiger partial charge in [0.2, 0.25) is 0 Å². The van der Waals surface area contributed by atoms with Crippen LogP contribution in [0.2, 0.25) is 0 Å². The summed E-state index contributed by atoms with van der Waals surface area (Å²) in [6.07, 6.45) is 9.52. The van der Waals surface area contributed by atoms with Crippen LogP contribution in [-0.2, 0) is 0 Å². The fourth-order valence-electron chi connectivity index (χ4n) is 6.48. The predicted octanol–water partition coefficient (Wildman–Crippen LogP) is 10.7. The van der Waals surface area contributed by atoms with Crippen molar-refractivity contribution in [1.82, 2.24) is 19.9 Å². The predicted molar refractivity (Wildman–Crippen MR) is 192 cm³/mol. The average Bonchev–Trinajstić information content (AvgIpc) is 3.16. The molecular weight excluding hydrogens is 593 g/mol. The lowest BCUT2D eigenvalue weighted by molar-refractivity contribution is 0.766. The second-order valence-corrected chi connectivity index (χ2v) is 12.9. The first-order valence-corrected chi connectivity index (χ1v) is 16.6. The number of pyridine rings is 1. The van der Waals surface area contributed by atoms with Crippen molar-refractivity contribution in [2.24, 2.45) is 0 Å². The van der Waals surface area contributed by atoms with E-state index in [9.17, 15) is 0 Å². The van der Waals surface area contributed by atoms with E-state index in [0.717, 1.165) is 34.5 Å². The van der Waals surface area contributed by atoms with E-state index in [1.165, 1.54) is 43.0 Å². The second kappa shape index (κ2) is 11.6. The van der Waals surface area contributed by atoms with E-state index in [4.69, 9.17) is 15.0 Å². The van der Waals surface area contributed by atoms with Gasteiger partial charge in [-0.3, -0.25) is 4.98 Å². The number of rotatable bonds is 5. The van der Waals surface area contributed by atoms with Gasteiger partial charge in [-0.05, 0) is 70.1 Å². The van der Waals surface area contributed by atoms with E-state index in [1.54, 1.807) is 0 Å². The normalized spacial score (nSPS) is 14.9. The minimum absolute atomic E-state index is 0.0476. The maximum atomic E-state index is 5.04. The smallest absolute Gasteiger partial charge is 0.163 e. The number of aromatic nitrogens is 4. The Morgan fingerprint density at radius 3 is 1.98 bits per heavy atom. The Morgan fingerprint density at radius 2 is 1.23 bits per heavy atom. The Labute approximate surface area is 277 Å². The number of hydrogen-bond donors (Lipinski definition) is 0. The number of benzene rings is 5. The van der Waals surface area contributed by atoms with Crippen molar-refractivity contribution >= 4 is 28.2 Å². The Bertz CT molecular complexity index is 2340. The Morgan fingerprint density at radius 1 is 0.553 bits per heavy atom. The zero-order valence-corrected chi connectivity index (χ0v) is 26.2. The monoisotopic (exact) mass is 620 g/mol. The van der Waals surface area contributed by atoms with Crippen molar-refractivity contribution in [2.75, 3.05) is 0 Å². The van der Waals surface area contributed by atoms with Crippen LogP contribution in [0.5, 0.6) is 0 Å². The number of hydrogen-bond acceptors (Lipinski definition) is 5. The van der Waals surface area contributed by atoms with Gasteiger partial charge in [-0.1, -0.05) is 127 Å². The molecule has 0 saturated carbocycles. The van der Waals surface area contributed by atoms with Gasteiger partial charge in [0.05, 0.1) is 5.52 Å². The van der Waals surface area contributed by atoms with Crippen LogP contribution in [-0.4, -0.2) is 19.9 Å². The zero-order valence-electron chi connectivity index (χ0n) is 25.4. The van der Waals surface area contributed by atoms with Crippen LogP contribution in [0.4, 0.5) is 0 Å². The lowest BCUT2D eigenvalue weighted by atomic mass is 9.90. The lowest BCUT2D eigenvalue weighted by Crippen LogP contribution is -2.08. The van der Waals surface area contributed by atoms with Crippen LogP contribution >= 0.6 is 11.8 Å². The van der Waals surface area contributed by atoms with Crippen LogP contribution in [0.3, 0.4) is 0 Å². The molecule has 3 heterocycles. The summed E-state index contributed by atoms with van der Waals surface area (Å²) in [5, 5.41) is 1.24. The van der Waals surface area contributed by atoms with Crippen molar-refractivity contribution < 1.29 is 0 Å². The first-order chi connectivity index (χ1) is 23.3. The molecule has 4 nitrogen and oxygen atoms in total. The van der Waals surface area contributed by atoms with Crippen molar-refractivity contribution in [1.29, 1.82) is 0 Å². The van der Waals surface area contributed by atoms with Crippen molar-refractivity contribution in [3.8, 4) is 45.0 Å². The highest BCUT2D eigenvalue weighted by molar-refractivity contribution is 7.99. The summed E-state index contributed by atoms with van der Waals surface area (Å²) < 4.78 is 0. The van der Waals surface area contributed by atoms with Crippen molar-refractivity contribution in [2.45, 2.75) is 22.1 Å². The van der Waals surface area contributed by atoms with E-state index in [2.05, 4.69) is 126 Å². The van der Waals surface area contributed by atoms with Crippen molar-refractivity contribution in [3.05, 3.63) is 163 Å². The highest BCUT2D eigenvalue weighted by Crippen LogP contribution is 2.48. The summed E-state index contributed by atoms with van der Waals surface area (Å²) in [6, 6.07) is 44.4. The fourth-order valence-corrected chi connectivity index (χ4v) is 7.60. The molecule has 0 amide bonds. The van der Waals surface area contributed by atoms with Gasteiger partial charge >= 0.3 is 0 Å². The average molecular weight is 621 g/mol. The summed E-state index contributed by atoms with van der Waals surface area (Å²) in [7, 11) is 0. The van der Waals surface area contributed by atoms with Gasteiger partial charge in [0.1, 0.15) is 5.82 Å². The molecule has 222 valence electrons. The van der Waals surface area contributed by atoms with Crippen molar-refractivity contribution in [3.63, 3.8) is 0 Å². The molecule has 1 aliphatic carbocycles. The number of nitrogens with zero attached hydrogens (tertiary/aromatic N) is 4. The van der Waals surface area contributed by atoms with E-state index in [-0.39, 0.29) is 5.92 Å². The van der Waals surface area contributed by atoms with Crippen LogP contribution in [0.15, 0.2) is 162 Å². The SMILES string of the molecule is C1=CC(c2nc(-c3ccccc3)nc(-c3ccc(-c4ccccc4)cc3)n2)CC=C1c1ccc2c(c1)-c1ccnc3cccc(c13)S2. The zero-order chi connectivity index (χ0) is 31.2. The van der Waals surface area contributed by atoms with Gasteiger partial charge < -0.3 is 0 Å². The molecule has 9 rings (SSSR count). The molecule has 2 aliphatic rings. The summed E-state index contributed by atoms with van der Waals surface area (Å²) >= 11 is 1.83. The topological polar surface area (TPSA) is 51.6 Å². The van der Waals surface area contributed by atoms with Crippen LogP contribution < -0.4 is 0 Å². The number of allylic oxidation sites excluding steroid dienone is 4. The third kappa shape index (κ3) is 5.15. The van der Waals surface area contributed by atoms with E-state index < -0.39 is 0 Å². The number of fused-ring (bicyclic) bond motifs is 2. The first-order valence-electron chi connectivity index (χ1n) is 15.8. The molecule has 0 radical (unpaired) electrons. The molecule has 0 bridgehead atoms. The molecule has 5 heteroatoms. The maximum absolute atomic E-state index is 5.04. The minimum Gasteiger partial charge on any atom is -0.256 e. The summed E-state index contributed by atoms with van der Waals surface area (Å²) in [4.78, 5) is 22.2. The van der Waals surface area contributed by atoms with E-state index in [1.807, 2.05) is 42.2 Å². The maximum Gasteiger partial charge on any atom is 0.163 e. The fraction of sp³-hybridized carbons (Fsp3) is 0.0476. The third-order valence-electron chi connectivity index (χ3n) is 8.92. The van der Waals surface area contributed by atoms with E-state index >= 15 is 0 Å². The highest BCUT2D eigenvalue weighted by atomic mass is 32.2. The van der Waals surface area contributed by atoms with Crippen LogP contribution in [0, 0.1) is 0 Å². The molecule has 0 fully saturated rings. The summed E-state index contributed by atoms with van der Waals surface area (Å²) in [6.45, 7) is 0. The van der Waals surface area contributed by atoms with Crippen LogP contribution in [0.1, 0.15) is 23.7 Å². The first kappa shape index (κ1) is 27.6. The quantitative estimate of drug-likeness (QED) is 0.192. The van der Waals surface area contributed by atoms with Gasteiger partial charge in [0, 0.05) is 38.4 Å². The van der Waals surface area contributed by atoms with Gasteiger partial charge in [-0.25, -0.2) is 15.0 Å². The Kier molecular flexibility index (Phi) is 6.83. The Balaban J connectivity index is 1.04. The molecule has 1 aliphatic heterocycles. The summed E-state index contributed by atoms with van der Waals surface area (Å²) in [5.74, 6) is 2.21. The van der Waals surface area contributed by atoms with Gasteiger partial charge in [0.25, 0.3) is 0 Å². The second-order valence-electron chi connectivity index (χ2n) is 11.8. The minimum atomic E-state index is 0.0476. The Hall–Kier alpha value is -5.65. The third-order valence-corrected chi connectivity index (χ3v) is 10.1. The van der Waals surface area contributed by atoms with Gasteiger partial charge in [0.15, 0.2) is 11.6 Å². The molecular formula is C42H28N4S. The molecule has 2 aromatic heterocycles. The molecule has 1 unspecified atom stereocenters. The highest BCUT2D eigenvalue weighted by Gasteiger charge is 2.22.